The second-order valence-electron chi connectivity index (χ2n) is 7.13. The van der Waals surface area contributed by atoms with Crippen molar-refractivity contribution in [3.63, 3.8) is 0 Å². The Labute approximate surface area is 165 Å². The van der Waals surface area contributed by atoms with E-state index in [1.54, 1.807) is 4.90 Å². The molecule has 2 N–H and O–H groups in total. The highest BCUT2D eigenvalue weighted by molar-refractivity contribution is 6.04. The number of carbonyl (C=O) groups excluding carboxylic acids is 1. The number of carbonyl (C=O) groups is 1. The maximum absolute atomic E-state index is 12.5. The second-order valence-corrected chi connectivity index (χ2v) is 7.13. The zero-order valence-electron chi connectivity index (χ0n) is 15.9. The van der Waals surface area contributed by atoms with Crippen molar-refractivity contribution in [2.45, 2.75) is 6.54 Å². The molecule has 28 heavy (non-hydrogen) atoms. The van der Waals surface area contributed by atoms with Gasteiger partial charge in [-0.3, -0.25) is 4.79 Å². The molecule has 0 atom stereocenters. The van der Waals surface area contributed by atoms with Crippen molar-refractivity contribution in [3.8, 4) is 11.1 Å². The molecule has 3 aromatic rings. The molecule has 0 saturated carbocycles. The van der Waals surface area contributed by atoms with E-state index in [4.69, 9.17) is 4.74 Å². The van der Waals surface area contributed by atoms with Gasteiger partial charge in [0.05, 0.1) is 13.2 Å². The van der Waals surface area contributed by atoms with Gasteiger partial charge in [0.2, 0.25) is 0 Å². The van der Waals surface area contributed by atoms with Crippen LogP contribution < -0.4 is 10.2 Å². The van der Waals surface area contributed by atoms with Crippen LogP contribution >= 0.6 is 0 Å². The number of rotatable bonds is 5. The van der Waals surface area contributed by atoms with Gasteiger partial charge in [-0.05, 0) is 35.4 Å². The summed E-state index contributed by atoms with van der Waals surface area (Å²) in [5, 5.41) is 2.98. The third-order valence-corrected chi connectivity index (χ3v) is 5.12. The minimum Gasteiger partial charge on any atom is -0.370 e. The van der Waals surface area contributed by atoms with E-state index in [1.165, 1.54) is 5.56 Å². The summed E-state index contributed by atoms with van der Waals surface area (Å²) < 4.78 is 5.41. The first kappa shape index (κ1) is 18.4. The molecule has 0 spiro atoms. The predicted molar refractivity (Wildman–Crippen MR) is 111 cm³/mol. The van der Waals surface area contributed by atoms with Crippen LogP contribution in [-0.2, 0) is 11.3 Å². The fourth-order valence-electron chi connectivity index (χ4n) is 3.48. The predicted octanol–water partition coefficient (Wildman–Crippen LogP) is 3.02. The lowest BCUT2D eigenvalue weighted by Gasteiger charge is -2.23. The van der Waals surface area contributed by atoms with Crippen molar-refractivity contribution in [2.24, 2.45) is 0 Å². The lowest BCUT2D eigenvalue weighted by molar-refractivity contribution is -0.921. The molecular weight excluding hydrogens is 348 g/mol. The summed E-state index contributed by atoms with van der Waals surface area (Å²) in [7, 11) is 0. The quantitative estimate of drug-likeness (QED) is 0.722. The van der Waals surface area contributed by atoms with E-state index >= 15 is 0 Å². The summed E-state index contributed by atoms with van der Waals surface area (Å²) in [6, 6.07) is 26.0. The van der Waals surface area contributed by atoms with Crippen molar-refractivity contribution in [3.05, 3.63) is 90.0 Å². The minimum atomic E-state index is -0.0915. The SMILES string of the molecule is O=C(Nc1ccc(C[NH+]2CCOCC2)cc1)c1ccc(-c2ccccc2)cc1. The Balaban J connectivity index is 1.36. The average molecular weight is 373 g/mol. The van der Waals surface area contributed by atoms with Gasteiger partial charge in [-0.15, -0.1) is 0 Å². The first-order chi connectivity index (χ1) is 13.8. The molecular formula is C24H25N2O2+. The van der Waals surface area contributed by atoms with Gasteiger partial charge in [-0.25, -0.2) is 0 Å². The Bertz CT molecular complexity index is 900. The van der Waals surface area contributed by atoms with Gasteiger partial charge >= 0.3 is 0 Å². The number of nitrogens with one attached hydrogen (secondary N) is 2. The summed E-state index contributed by atoms with van der Waals surface area (Å²) in [6.45, 7) is 4.78. The molecule has 0 aliphatic carbocycles. The first-order valence-electron chi connectivity index (χ1n) is 9.75. The number of morpholine rings is 1. The maximum atomic E-state index is 12.5. The third kappa shape index (κ3) is 4.66. The van der Waals surface area contributed by atoms with Crippen LogP contribution in [0.25, 0.3) is 11.1 Å². The van der Waals surface area contributed by atoms with Gasteiger partial charge in [-0.2, -0.15) is 0 Å². The van der Waals surface area contributed by atoms with E-state index in [0.29, 0.717) is 5.56 Å². The van der Waals surface area contributed by atoms with Gasteiger partial charge < -0.3 is 15.0 Å². The summed E-state index contributed by atoms with van der Waals surface area (Å²) >= 11 is 0. The smallest absolute Gasteiger partial charge is 0.255 e. The molecule has 3 aromatic carbocycles. The van der Waals surface area contributed by atoms with Crippen LogP contribution in [0.2, 0.25) is 0 Å². The van der Waals surface area contributed by atoms with Crippen molar-refractivity contribution in [1.82, 2.24) is 0 Å². The molecule has 0 aromatic heterocycles. The fraction of sp³-hybridized carbons (Fsp3) is 0.208. The highest BCUT2D eigenvalue weighted by Crippen LogP contribution is 2.20. The zero-order valence-corrected chi connectivity index (χ0v) is 15.9. The van der Waals surface area contributed by atoms with Gasteiger partial charge in [0.25, 0.3) is 5.91 Å². The molecule has 0 radical (unpaired) electrons. The molecule has 1 amide bonds. The highest BCUT2D eigenvalue weighted by Gasteiger charge is 2.14. The molecule has 1 saturated heterocycles. The van der Waals surface area contributed by atoms with Crippen LogP contribution in [-0.4, -0.2) is 32.2 Å². The molecule has 142 valence electrons. The fourth-order valence-corrected chi connectivity index (χ4v) is 3.48. The number of amides is 1. The van der Waals surface area contributed by atoms with Crippen molar-refractivity contribution < 1.29 is 14.4 Å². The van der Waals surface area contributed by atoms with E-state index in [1.807, 2.05) is 54.6 Å². The van der Waals surface area contributed by atoms with Crippen molar-refractivity contribution >= 4 is 11.6 Å². The summed E-state index contributed by atoms with van der Waals surface area (Å²) in [6.07, 6.45) is 0. The van der Waals surface area contributed by atoms with Crippen LogP contribution in [0.4, 0.5) is 5.69 Å². The van der Waals surface area contributed by atoms with Crippen molar-refractivity contribution in [1.29, 1.82) is 0 Å². The summed E-state index contributed by atoms with van der Waals surface area (Å²) in [5.74, 6) is -0.0915. The van der Waals surface area contributed by atoms with E-state index < -0.39 is 0 Å². The van der Waals surface area contributed by atoms with Crippen LogP contribution in [0.5, 0.6) is 0 Å². The van der Waals surface area contributed by atoms with Gasteiger partial charge in [0, 0.05) is 16.8 Å². The number of anilines is 1. The largest absolute Gasteiger partial charge is 0.370 e. The zero-order chi connectivity index (χ0) is 19.2. The van der Waals surface area contributed by atoms with Crippen LogP contribution in [0.3, 0.4) is 0 Å². The molecule has 0 bridgehead atoms. The molecule has 0 unspecified atom stereocenters. The summed E-state index contributed by atoms with van der Waals surface area (Å²) in [4.78, 5) is 14.1. The number of hydrogen-bond donors (Lipinski definition) is 2. The van der Waals surface area contributed by atoms with Gasteiger partial charge in [-0.1, -0.05) is 54.6 Å². The number of hydrogen-bond acceptors (Lipinski definition) is 2. The van der Waals surface area contributed by atoms with E-state index in [0.717, 1.165) is 49.7 Å². The van der Waals surface area contributed by atoms with E-state index in [2.05, 4.69) is 29.6 Å². The van der Waals surface area contributed by atoms with Gasteiger partial charge in [0.15, 0.2) is 0 Å². The number of benzene rings is 3. The Morgan fingerprint density at radius 1 is 0.821 bits per heavy atom. The summed E-state index contributed by atoms with van der Waals surface area (Å²) in [5.41, 5.74) is 5.00. The van der Waals surface area contributed by atoms with E-state index in [-0.39, 0.29) is 5.91 Å². The monoisotopic (exact) mass is 373 g/mol. The Kier molecular flexibility index (Phi) is 5.80. The third-order valence-electron chi connectivity index (χ3n) is 5.12. The molecule has 1 heterocycles. The lowest BCUT2D eigenvalue weighted by atomic mass is 10.0. The van der Waals surface area contributed by atoms with Crippen LogP contribution in [0, 0.1) is 0 Å². The second kappa shape index (κ2) is 8.83. The Morgan fingerprint density at radius 2 is 1.46 bits per heavy atom. The molecule has 4 heteroatoms. The van der Waals surface area contributed by atoms with Crippen LogP contribution in [0.1, 0.15) is 15.9 Å². The topological polar surface area (TPSA) is 42.8 Å². The minimum absolute atomic E-state index is 0.0915. The highest BCUT2D eigenvalue weighted by atomic mass is 16.5. The molecule has 1 fully saturated rings. The molecule has 1 aliphatic heterocycles. The number of quaternary nitrogens is 1. The normalized spacial score (nSPS) is 14.6. The first-order valence-corrected chi connectivity index (χ1v) is 9.75. The molecule has 4 rings (SSSR count). The Hall–Kier alpha value is -2.95. The van der Waals surface area contributed by atoms with Crippen LogP contribution in [0.15, 0.2) is 78.9 Å². The lowest BCUT2D eigenvalue weighted by Crippen LogP contribution is -3.12. The van der Waals surface area contributed by atoms with Crippen molar-refractivity contribution in [2.75, 3.05) is 31.6 Å². The maximum Gasteiger partial charge on any atom is 0.255 e. The molecule has 1 aliphatic rings. The Morgan fingerprint density at radius 3 is 2.14 bits per heavy atom. The average Bonchev–Trinajstić information content (AvgIpc) is 2.76. The molecule has 4 nitrogen and oxygen atoms in total. The van der Waals surface area contributed by atoms with E-state index in [9.17, 15) is 4.79 Å². The number of ether oxygens (including phenoxy) is 1. The van der Waals surface area contributed by atoms with Gasteiger partial charge in [0.1, 0.15) is 19.6 Å². The standard InChI is InChI=1S/C24H24N2O2/c27-24(22-10-8-21(9-11-22)20-4-2-1-3-5-20)25-23-12-6-19(7-13-23)18-26-14-16-28-17-15-26/h1-13H,14-18H2,(H,25,27)/p+1.